The Kier molecular flexibility index (Phi) is 5.38. The van der Waals surface area contributed by atoms with Crippen LogP contribution in [-0.2, 0) is 0 Å². The summed E-state index contributed by atoms with van der Waals surface area (Å²) in [4.78, 5) is 2.63. The third-order valence-electron chi connectivity index (χ3n) is 2.79. The van der Waals surface area contributed by atoms with Gasteiger partial charge in [-0.15, -0.1) is 0 Å². The quantitative estimate of drug-likeness (QED) is 0.759. The first kappa shape index (κ1) is 13.9. The number of aliphatic hydroxyl groups excluding tert-OH is 1. The van der Waals surface area contributed by atoms with Crippen LogP contribution in [0.1, 0.15) is 24.5 Å². The van der Waals surface area contributed by atoms with Crippen molar-refractivity contribution in [2.45, 2.75) is 20.3 Å². The molecule has 0 amide bonds. The van der Waals surface area contributed by atoms with Gasteiger partial charge in [-0.2, -0.15) is 0 Å². The number of para-hydroxylation sites is 1. The Morgan fingerprint density at radius 2 is 2.18 bits per heavy atom. The Morgan fingerprint density at radius 3 is 2.71 bits per heavy atom. The second-order valence-electron chi connectivity index (χ2n) is 3.99. The summed E-state index contributed by atoms with van der Waals surface area (Å²) in [7, 11) is 0. The van der Waals surface area contributed by atoms with Crippen molar-refractivity contribution in [1.82, 2.24) is 0 Å². The number of hydrogen-bond donors (Lipinski definition) is 2. The van der Waals surface area contributed by atoms with Crippen LogP contribution in [0.4, 0.5) is 5.69 Å². The van der Waals surface area contributed by atoms with Gasteiger partial charge in [-0.1, -0.05) is 24.4 Å². The molecule has 0 aliphatic heterocycles. The van der Waals surface area contributed by atoms with E-state index in [-0.39, 0.29) is 6.61 Å². The van der Waals surface area contributed by atoms with Gasteiger partial charge in [0, 0.05) is 30.9 Å². The molecule has 4 heteroatoms. The summed E-state index contributed by atoms with van der Waals surface area (Å²) in [5.41, 5.74) is 8.93. The summed E-state index contributed by atoms with van der Waals surface area (Å²) >= 11 is 5.09. The number of aliphatic hydroxyl groups is 1. The Morgan fingerprint density at radius 1 is 1.47 bits per heavy atom. The van der Waals surface area contributed by atoms with Gasteiger partial charge < -0.3 is 15.7 Å². The molecule has 3 N–H and O–H groups in total. The predicted octanol–water partition coefficient (Wildman–Crippen LogP) is 1.84. The third-order valence-corrected chi connectivity index (χ3v) is 3.01. The lowest BCUT2D eigenvalue weighted by molar-refractivity contribution is 0.289. The molecule has 0 heterocycles. The van der Waals surface area contributed by atoms with Gasteiger partial charge in [0.2, 0.25) is 0 Å². The van der Waals surface area contributed by atoms with E-state index in [1.807, 2.05) is 12.1 Å². The van der Waals surface area contributed by atoms with Crippen LogP contribution in [0.15, 0.2) is 18.2 Å². The van der Waals surface area contributed by atoms with Crippen molar-refractivity contribution in [2.75, 3.05) is 24.6 Å². The van der Waals surface area contributed by atoms with Crippen molar-refractivity contribution in [1.29, 1.82) is 0 Å². The minimum Gasteiger partial charge on any atom is -0.396 e. The predicted molar refractivity (Wildman–Crippen MR) is 76.7 cm³/mol. The first-order chi connectivity index (χ1) is 8.11. The number of nitrogens with zero attached hydrogens (tertiary/aromatic N) is 1. The zero-order valence-electron chi connectivity index (χ0n) is 10.4. The number of rotatable bonds is 6. The van der Waals surface area contributed by atoms with Gasteiger partial charge in [-0.05, 0) is 31.9 Å². The molecule has 0 radical (unpaired) electrons. The Bertz CT molecular complexity index is 393. The van der Waals surface area contributed by atoms with Crippen molar-refractivity contribution in [3.05, 3.63) is 29.3 Å². The smallest absolute Gasteiger partial charge is 0.106 e. The van der Waals surface area contributed by atoms with E-state index >= 15 is 0 Å². The average molecular weight is 252 g/mol. The molecular formula is C13H20N2OS. The highest BCUT2D eigenvalue weighted by Crippen LogP contribution is 2.25. The van der Waals surface area contributed by atoms with E-state index < -0.39 is 0 Å². The minimum absolute atomic E-state index is 0.199. The lowest BCUT2D eigenvalue weighted by atomic mass is 10.1. The summed E-state index contributed by atoms with van der Waals surface area (Å²) in [6.07, 6.45) is 0.749. The van der Waals surface area contributed by atoms with E-state index in [9.17, 15) is 0 Å². The molecular weight excluding hydrogens is 232 g/mol. The van der Waals surface area contributed by atoms with Gasteiger partial charge in [-0.25, -0.2) is 0 Å². The first-order valence-corrected chi connectivity index (χ1v) is 6.27. The van der Waals surface area contributed by atoms with Crippen molar-refractivity contribution in [3.8, 4) is 0 Å². The number of nitrogens with two attached hydrogens (primary N) is 1. The highest BCUT2D eigenvalue weighted by atomic mass is 32.1. The molecule has 0 aromatic heterocycles. The highest BCUT2D eigenvalue weighted by Gasteiger charge is 2.13. The van der Waals surface area contributed by atoms with E-state index in [1.165, 1.54) is 0 Å². The molecule has 0 spiro atoms. The maximum atomic E-state index is 8.93. The molecule has 1 rings (SSSR count). The lowest BCUT2D eigenvalue weighted by Crippen LogP contribution is -2.28. The van der Waals surface area contributed by atoms with Gasteiger partial charge in [0.05, 0.1) is 0 Å². The Hall–Kier alpha value is -1.13. The van der Waals surface area contributed by atoms with Gasteiger partial charge in [0.25, 0.3) is 0 Å². The molecule has 17 heavy (non-hydrogen) atoms. The number of thiocarbonyl (C=S) groups is 1. The molecule has 0 aliphatic carbocycles. The molecule has 0 bridgehead atoms. The fraction of sp³-hybridized carbons (Fsp3) is 0.462. The van der Waals surface area contributed by atoms with Crippen molar-refractivity contribution >= 4 is 22.9 Å². The summed E-state index contributed by atoms with van der Waals surface area (Å²) in [6.45, 7) is 6.03. The molecule has 0 fully saturated rings. The molecule has 0 atom stereocenters. The van der Waals surface area contributed by atoms with Crippen LogP contribution < -0.4 is 10.6 Å². The normalized spacial score (nSPS) is 10.3. The molecule has 0 saturated carbocycles. The molecule has 94 valence electrons. The third kappa shape index (κ3) is 3.41. The van der Waals surface area contributed by atoms with Crippen LogP contribution >= 0.6 is 12.2 Å². The van der Waals surface area contributed by atoms with E-state index in [2.05, 4.69) is 24.8 Å². The zero-order valence-corrected chi connectivity index (χ0v) is 11.3. The Labute approximate surface area is 108 Å². The van der Waals surface area contributed by atoms with Gasteiger partial charge in [-0.3, -0.25) is 0 Å². The maximum Gasteiger partial charge on any atom is 0.106 e. The van der Waals surface area contributed by atoms with E-state index in [4.69, 9.17) is 23.1 Å². The molecule has 0 unspecified atom stereocenters. The largest absolute Gasteiger partial charge is 0.396 e. The van der Waals surface area contributed by atoms with Crippen molar-refractivity contribution in [2.24, 2.45) is 5.73 Å². The van der Waals surface area contributed by atoms with Crippen molar-refractivity contribution < 1.29 is 5.11 Å². The summed E-state index contributed by atoms with van der Waals surface area (Å²) in [6, 6.07) is 5.97. The number of benzene rings is 1. The summed E-state index contributed by atoms with van der Waals surface area (Å²) in [5, 5.41) is 8.93. The molecule has 0 saturated heterocycles. The standard InChI is InChI=1S/C13H20N2OS/c1-3-15(8-5-9-16)12-10(2)6-4-7-11(12)13(14)17/h4,6-7,16H,3,5,8-9H2,1-2H3,(H2,14,17). The van der Waals surface area contributed by atoms with Crippen LogP contribution in [0.25, 0.3) is 0 Å². The Balaban J connectivity index is 3.11. The molecule has 1 aromatic rings. The van der Waals surface area contributed by atoms with Crippen LogP contribution in [0.3, 0.4) is 0 Å². The summed E-state index contributed by atoms with van der Waals surface area (Å²) in [5.74, 6) is 0. The number of hydrogen-bond acceptors (Lipinski definition) is 3. The van der Waals surface area contributed by atoms with E-state index in [0.717, 1.165) is 36.3 Å². The lowest BCUT2D eigenvalue weighted by Gasteiger charge is -2.27. The van der Waals surface area contributed by atoms with Crippen LogP contribution in [0.5, 0.6) is 0 Å². The maximum absolute atomic E-state index is 8.93. The molecule has 0 aliphatic rings. The SMILES string of the molecule is CCN(CCCO)c1c(C)cccc1C(N)=S. The van der Waals surface area contributed by atoms with Gasteiger partial charge in [0.15, 0.2) is 0 Å². The fourth-order valence-corrected chi connectivity index (χ4v) is 2.13. The topological polar surface area (TPSA) is 49.5 Å². The average Bonchev–Trinajstić information content (AvgIpc) is 2.31. The number of anilines is 1. The monoisotopic (exact) mass is 252 g/mol. The second kappa shape index (κ2) is 6.57. The summed E-state index contributed by atoms with van der Waals surface area (Å²) < 4.78 is 0. The second-order valence-corrected chi connectivity index (χ2v) is 4.43. The fourth-order valence-electron chi connectivity index (χ4n) is 1.97. The minimum atomic E-state index is 0.199. The van der Waals surface area contributed by atoms with Gasteiger partial charge >= 0.3 is 0 Å². The highest BCUT2D eigenvalue weighted by molar-refractivity contribution is 7.80. The van der Waals surface area contributed by atoms with Crippen molar-refractivity contribution in [3.63, 3.8) is 0 Å². The number of aryl methyl sites for hydroxylation is 1. The van der Waals surface area contributed by atoms with Crippen LogP contribution in [0.2, 0.25) is 0 Å². The zero-order chi connectivity index (χ0) is 12.8. The molecule has 1 aromatic carbocycles. The van der Waals surface area contributed by atoms with Crippen LogP contribution in [-0.4, -0.2) is 29.8 Å². The van der Waals surface area contributed by atoms with E-state index in [1.54, 1.807) is 0 Å². The van der Waals surface area contributed by atoms with Crippen LogP contribution in [0, 0.1) is 6.92 Å². The molecule has 3 nitrogen and oxygen atoms in total. The van der Waals surface area contributed by atoms with E-state index in [0.29, 0.717) is 4.99 Å². The van der Waals surface area contributed by atoms with Gasteiger partial charge in [0.1, 0.15) is 4.99 Å². The first-order valence-electron chi connectivity index (χ1n) is 5.87.